The van der Waals surface area contributed by atoms with Gasteiger partial charge in [-0.05, 0) is 35.2 Å². The van der Waals surface area contributed by atoms with Crippen LogP contribution in [0.3, 0.4) is 0 Å². The molecule has 0 aliphatic heterocycles. The quantitative estimate of drug-likeness (QED) is 0.324. The van der Waals surface area contributed by atoms with E-state index in [2.05, 4.69) is 10.3 Å². The zero-order valence-electron chi connectivity index (χ0n) is 15.5. The average molecular weight is 460 g/mol. The van der Waals surface area contributed by atoms with Crippen molar-refractivity contribution >= 4 is 56.5 Å². The van der Waals surface area contributed by atoms with Gasteiger partial charge in [-0.3, -0.25) is 14.2 Å². The van der Waals surface area contributed by atoms with Gasteiger partial charge in [0, 0.05) is 0 Å². The van der Waals surface area contributed by atoms with Crippen molar-refractivity contribution < 1.29 is 9.18 Å². The maximum absolute atomic E-state index is 13.4. The third-order valence-electron chi connectivity index (χ3n) is 4.25. The molecule has 0 aliphatic carbocycles. The fourth-order valence-corrected chi connectivity index (χ4v) is 4.59. The summed E-state index contributed by atoms with van der Waals surface area (Å²) in [5, 5.41) is 5.09. The molecule has 1 N–H and O–H groups in total. The Morgan fingerprint density at radius 2 is 2.00 bits per heavy atom. The van der Waals surface area contributed by atoms with Gasteiger partial charge in [0.05, 0.1) is 28.5 Å². The molecule has 9 heteroatoms. The lowest BCUT2D eigenvalue weighted by atomic mass is 10.2. The lowest BCUT2D eigenvalue weighted by Gasteiger charge is -2.12. The minimum atomic E-state index is -0.497. The molecule has 0 aliphatic rings. The van der Waals surface area contributed by atoms with Gasteiger partial charge in [0.15, 0.2) is 5.16 Å². The highest BCUT2D eigenvalue weighted by atomic mass is 35.5. The van der Waals surface area contributed by atoms with Gasteiger partial charge in [-0.25, -0.2) is 9.37 Å². The molecule has 0 bridgehead atoms. The van der Waals surface area contributed by atoms with Crippen LogP contribution in [0.4, 0.5) is 10.1 Å². The maximum atomic E-state index is 13.4. The second-order valence-electron chi connectivity index (χ2n) is 6.37. The molecule has 4 aromatic rings. The molecule has 30 heavy (non-hydrogen) atoms. The smallest absolute Gasteiger partial charge is 0.272 e. The van der Waals surface area contributed by atoms with E-state index in [0.29, 0.717) is 21.9 Å². The molecule has 0 radical (unpaired) electrons. The summed E-state index contributed by atoms with van der Waals surface area (Å²) in [4.78, 5) is 30.0. The van der Waals surface area contributed by atoms with E-state index in [1.165, 1.54) is 23.5 Å². The van der Waals surface area contributed by atoms with Crippen LogP contribution in [-0.2, 0) is 11.3 Å². The van der Waals surface area contributed by atoms with E-state index in [1.807, 2.05) is 35.7 Å². The van der Waals surface area contributed by atoms with Crippen LogP contribution in [0, 0.1) is 5.82 Å². The molecule has 152 valence electrons. The van der Waals surface area contributed by atoms with Crippen molar-refractivity contribution in [3.8, 4) is 0 Å². The summed E-state index contributed by atoms with van der Waals surface area (Å²) in [6, 6.07) is 15.1. The normalized spacial score (nSPS) is 11.0. The van der Waals surface area contributed by atoms with E-state index in [0.717, 1.165) is 23.4 Å². The number of hydrogen-bond donors (Lipinski definition) is 1. The SMILES string of the molecule is O=C(CSc1nc2ccsc2c(=O)n1Cc1ccccc1)Nc1cc(F)ccc1Cl. The van der Waals surface area contributed by atoms with Crippen LogP contribution in [0.1, 0.15) is 5.56 Å². The van der Waals surface area contributed by atoms with Gasteiger partial charge in [0.25, 0.3) is 5.56 Å². The first kappa shape index (κ1) is 20.6. The number of nitrogens with one attached hydrogen (secondary N) is 1. The third-order valence-corrected chi connectivity index (χ3v) is 6.45. The summed E-state index contributed by atoms with van der Waals surface area (Å²) in [6.07, 6.45) is 0. The van der Waals surface area contributed by atoms with E-state index < -0.39 is 5.82 Å². The number of anilines is 1. The van der Waals surface area contributed by atoms with Gasteiger partial charge in [0.1, 0.15) is 10.5 Å². The molecule has 0 fully saturated rings. The van der Waals surface area contributed by atoms with Crippen LogP contribution in [0.25, 0.3) is 10.2 Å². The molecule has 2 heterocycles. The number of aromatic nitrogens is 2. The number of thiophene rings is 1. The Hall–Kier alpha value is -2.68. The number of halogens is 2. The third kappa shape index (κ3) is 4.56. The van der Waals surface area contributed by atoms with E-state index >= 15 is 0 Å². The van der Waals surface area contributed by atoms with Gasteiger partial charge >= 0.3 is 0 Å². The maximum Gasteiger partial charge on any atom is 0.272 e. The molecule has 5 nitrogen and oxygen atoms in total. The summed E-state index contributed by atoms with van der Waals surface area (Å²) in [6.45, 7) is 0.347. The van der Waals surface area contributed by atoms with Crippen molar-refractivity contribution in [2.75, 3.05) is 11.1 Å². The highest BCUT2D eigenvalue weighted by Crippen LogP contribution is 2.24. The Balaban J connectivity index is 1.58. The Bertz CT molecular complexity index is 1270. The highest BCUT2D eigenvalue weighted by Gasteiger charge is 2.15. The van der Waals surface area contributed by atoms with Crippen molar-refractivity contribution in [2.24, 2.45) is 0 Å². The Morgan fingerprint density at radius 1 is 1.20 bits per heavy atom. The van der Waals surface area contributed by atoms with Gasteiger partial charge in [-0.1, -0.05) is 53.7 Å². The number of carbonyl (C=O) groups excluding carboxylic acids is 1. The van der Waals surface area contributed by atoms with Crippen LogP contribution < -0.4 is 10.9 Å². The van der Waals surface area contributed by atoms with Gasteiger partial charge in [-0.15, -0.1) is 11.3 Å². The minimum Gasteiger partial charge on any atom is -0.324 e. The molecular formula is C21H15ClFN3O2S2. The summed E-state index contributed by atoms with van der Waals surface area (Å²) in [7, 11) is 0. The molecule has 2 aromatic carbocycles. The fourth-order valence-electron chi connectivity index (χ4n) is 2.85. The standard InChI is InChI=1S/C21H15ClFN3O2S2/c22-15-7-6-14(23)10-17(15)24-18(27)12-30-21-25-16-8-9-29-19(16)20(28)26(21)11-13-4-2-1-3-5-13/h1-10H,11-12H2,(H,24,27). The van der Waals surface area contributed by atoms with Crippen LogP contribution in [0.2, 0.25) is 5.02 Å². The lowest BCUT2D eigenvalue weighted by molar-refractivity contribution is -0.113. The number of rotatable bonds is 6. The van der Waals surface area contributed by atoms with Gasteiger partial charge in [-0.2, -0.15) is 0 Å². The predicted octanol–water partition coefficient (Wildman–Crippen LogP) is 5.03. The molecule has 2 aromatic heterocycles. The number of benzene rings is 2. The number of hydrogen-bond acceptors (Lipinski definition) is 5. The minimum absolute atomic E-state index is 0.0102. The van der Waals surface area contributed by atoms with E-state index in [4.69, 9.17) is 11.6 Å². The second-order valence-corrected chi connectivity index (χ2v) is 8.63. The fraction of sp³-hybridized carbons (Fsp3) is 0.0952. The van der Waals surface area contributed by atoms with Crippen molar-refractivity contribution in [3.05, 3.63) is 86.7 Å². The van der Waals surface area contributed by atoms with Gasteiger partial charge in [0.2, 0.25) is 5.91 Å². The predicted molar refractivity (Wildman–Crippen MR) is 120 cm³/mol. The number of carbonyl (C=O) groups is 1. The lowest BCUT2D eigenvalue weighted by Crippen LogP contribution is -2.24. The van der Waals surface area contributed by atoms with Gasteiger partial charge < -0.3 is 5.32 Å². The van der Waals surface area contributed by atoms with Crippen LogP contribution in [-0.4, -0.2) is 21.2 Å². The van der Waals surface area contributed by atoms with E-state index in [9.17, 15) is 14.0 Å². The van der Waals surface area contributed by atoms with Crippen molar-refractivity contribution in [1.82, 2.24) is 9.55 Å². The van der Waals surface area contributed by atoms with E-state index in [-0.39, 0.29) is 27.9 Å². The first-order valence-electron chi connectivity index (χ1n) is 8.91. The summed E-state index contributed by atoms with van der Waals surface area (Å²) < 4.78 is 15.6. The summed E-state index contributed by atoms with van der Waals surface area (Å²) >= 11 is 8.49. The summed E-state index contributed by atoms with van der Waals surface area (Å²) in [5.74, 6) is -0.883. The van der Waals surface area contributed by atoms with Crippen LogP contribution in [0.5, 0.6) is 0 Å². The van der Waals surface area contributed by atoms with Crippen molar-refractivity contribution in [1.29, 1.82) is 0 Å². The Kier molecular flexibility index (Phi) is 6.17. The Labute approximate surface area is 184 Å². The molecule has 4 rings (SSSR count). The van der Waals surface area contributed by atoms with Crippen molar-refractivity contribution in [2.45, 2.75) is 11.7 Å². The number of nitrogens with zero attached hydrogens (tertiary/aromatic N) is 2. The second kappa shape index (κ2) is 8.99. The highest BCUT2D eigenvalue weighted by molar-refractivity contribution is 7.99. The zero-order valence-corrected chi connectivity index (χ0v) is 17.9. The Morgan fingerprint density at radius 3 is 2.80 bits per heavy atom. The van der Waals surface area contributed by atoms with Crippen LogP contribution in [0.15, 0.2) is 69.9 Å². The molecule has 1 amide bonds. The number of amides is 1. The average Bonchev–Trinajstić information content (AvgIpc) is 3.21. The first-order chi connectivity index (χ1) is 14.5. The monoisotopic (exact) mass is 459 g/mol. The first-order valence-corrected chi connectivity index (χ1v) is 11.2. The molecule has 0 atom stereocenters. The molecule has 0 spiro atoms. The zero-order chi connectivity index (χ0) is 21.1. The number of fused-ring (bicyclic) bond motifs is 1. The molecule has 0 unspecified atom stereocenters. The number of thioether (sulfide) groups is 1. The van der Waals surface area contributed by atoms with E-state index in [1.54, 1.807) is 10.6 Å². The molecular weight excluding hydrogens is 445 g/mol. The van der Waals surface area contributed by atoms with Crippen LogP contribution >= 0.6 is 34.7 Å². The topological polar surface area (TPSA) is 64.0 Å². The van der Waals surface area contributed by atoms with Crippen molar-refractivity contribution in [3.63, 3.8) is 0 Å². The molecule has 0 saturated carbocycles. The largest absolute Gasteiger partial charge is 0.324 e. The summed E-state index contributed by atoms with van der Waals surface area (Å²) in [5.41, 5.74) is 1.61. The molecule has 0 saturated heterocycles.